The second-order valence-electron chi connectivity index (χ2n) is 5.82. The van der Waals surface area contributed by atoms with Crippen molar-refractivity contribution in [1.82, 2.24) is 4.98 Å². The van der Waals surface area contributed by atoms with Gasteiger partial charge in [-0.05, 0) is 24.6 Å². The Morgan fingerprint density at radius 2 is 1.83 bits per heavy atom. The fourth-order valence-electron chi connectivity index (χ4n) is 2.27. The predicted octanol–water partition coefficient (Wildman–Crippen LogP) is 2.94. The summed E-state index contributed by atoms with van der Waals surface area (Å²) in [6, 6.07) is 12.2. The van der Waals surface area contributed by atoms with Gasteiger partial charge in [0.2, 0.25) is 0 Å². The van der Waals surface area contributed by atoms with Gasteiger partial charge < -0.3 is 14.9 Å². The van der Waals surface area contributed by atoms with E-state index in [2.05, 4.69) is 36.2 Å². The zero-order valence-electron chi connectivity index (χ0n) is 13.9. The molecule has 23 heavy (non-hydrogen) atoms. The van der Waals surface area contributed by atoms with Gasteiger partial charge in [-0.3, -0.25) is 4.79 Å². The molecule has 0 bridgehead atoms. The van der Waals surface area contributed by atoms with E-state index in [0.29, 0.717) is 13.1 Å². The van der Waals surface area contributed by atoms with E-state index in [1.807, 2.05) is 36.0 Å². The highest BCUT2D eigenvalue weighted by Crippen LogP contribution is 2.19. The lowest BCUT2D eigenvalue weighted by Crippen LogP contribution is -2.26. The van der Waals surface area contributed by atoms with Gasteiger partial charge in [-0.1, -0.05) is 29.8 Å². The molecule has 0 saturated heterocycles. The highest BCUT2D eigenvalue weighted by atomic mass is 16.4. The Bertz CT molecular complexity index is 636. The van der Waals surface area contributed by atoms with Crippen LogP contribution >= 0.6 is 0 Å². The van der Waals surface area contributed by atoms with Crippen LogP contribution in [0.5, 0.6) is 0 Å². The standard InChI is InChI=1S/C18H23N3O2/c1-14-4-6-15(7-5-14)13-21(11-10-18(22)23)16-8-9-17(19-12-16)20(2)3/h4-9,12H,10-11,13H2,1-3H3,(H,22,23). The highest BCUT2D eigenvalue weighted by molar-refractivity contribution is 5.67. The maximum atomic E-state index is 10.9. The minimum Gasteiger partial charge on any atom is -0.481 e. The molecular formula is C18H23N3O2. The van der Waals surface area contributed by atoms with Gasteiger partial charge in [0.25, 0.3) is 0 Å². The summed E-state index contributed by atoms with van der Waals surface area (Å²) in [5.74, 6) is 0.0825. The SMILES string of the molecule is Cc1ccc(CN(CCC(=O)O)c2ccc(N(C)C)nc2)cc1. The van der Waals surface area contributed by atoms with Gasteiger partial charge in [-0.2, -0.15) is 0 Å². The normalized spacial score (nSPS) is 10.4. The Kier molecular flexibility index (Phi) is 5.57. The zero-order valence-corrected chi connectivity index (χ0v) is 13.9. The number of aliphatic carboxylic acids is 1. The van der Waals surface area contributed by atoms with E-state index in [1.165, 1.54) is 5.56 Å². The molecular weight excluding hydrogens is 290 g/mol. The molecule has 2 aromatic rings. The maximum Gasteiger partial charge on any atom is 0.305 e. The number of hydrogen-bond donors (Lipinski definition) is 1. The van der Waals surface area contributed by atoms with Crippen molar-refractivity contribution in [1.29, 1.82) is 0 Å². The van der Waals surface area contributed by atoms with E-state index >= 15 is 0 Å². The molecule has 0 aliphatic carbocycles. The molecule has 5 heteroatoms. The largest absolute Gasteiger partial charge is 0.481 e. The molecule has 0 atom stereocenters. The number of pyridine rings is 1. The molecule has 0 amide bonds. The molecule has 0 fully saturated rings. The van der Waals surface area contributed by atoms with Gasteiger partial charge in [-0.15, -0.1) is 0 Å². The number of carbonyl (C=O) groups is 1. The highest BCUT2D eigenvalue weighted by Gasteiger charge is 2.11. The number of anilines is 2. The second-order valence-corrected chi connectivity index (χ2v) is 5.82. The Morgan fingerprint density at radius 1 is 1.13 bits per heavy atom. The Morgan fingerprint density at radius 3 is 2.35 bits per heavy atom. The summed E-state index contributed by atoms with van der Waals surface area (Å²) in [5.41, 5.74) is 3.29. The van der Waals surface area contributed by atoms with Crippen molar-refractivity contribution in [2.75, 3.05) is 30.4 Å². The van der Waals surface area contributed by atoms with E-state index in [4.69, 9.17) is 5.11 Å². The van der Waals surface area contributed by atoms with E-state index in [9.17, 15) is 4.79 Å². The topological polar surface area (TPSA) is 56.7 Å². The quantitative estimate of drug-likeness (QED) is 0.851. The van der Waals surface area contributed by atoms with Crippen molar-refractivity contribution >= 4 is 17.5 Å². The van der Waals surface area contributed by atoms with Crippen LogP contribution in [0.3, 0.4) is 0 Å². The van der Waals surface area contributed by atoms with Gasteiger partial charge >= 0.3 is 5.97 Å². The molecule has 1 aromatic heterocycles. The van der Waals surface area contributed by atoms with Crippen LogP contribution in [0.4, 0.5) is 11.5 Å². The number of carboxylic acid groups (broad SMARTS) is 1. The lowest BCUT2D eigenvalue weighted by atomic mass is 10.1. The lowest BCUT2D eigenvalue weighted by molar-refractivity contribution is -0.136. The van der Waals surface area contributed by atoms with Crippen LogP contribution in [-0.4, -0.2) is 36.7 Å². The summed E-state index contributed by atoms with van der Waals surface area (Å²) in [6.45, 7) is 3.17. The van der Waals surface area contributed by atoms with E-state index in [0.717, 1.165) is 17.1 Å². The van der Waals surface area contributed by atoms with Crippen LogP contribution < -0.4 is 9.80 Å². The number of rotatable bonds is 7. The molecule has 2 rings (SSSR count). The Balaban J connectivity index is 2.18. The van der Waals surface area contributed by atoms with Crippen LogP contribution in [0.25, 0.3) is 0 Å². The van der Waals surface area contributed by atoms with Crippen molar-refractivity contribution in [3.63, 3.8) is 0 Å². The van der Waals surface area contributed by atoms with E-state index in [1.54, 1.807) is 6.20 Å². The van der Waals surface area contributed by atoms with Gasteiger partial charge in [0, 0.05) is 27.2 Å². The molecule has 0 aliphatic rings. The minimum atomic E-state index is -0.795. The first kappa shape index (κ1) is 16.8. The van der Waals surface area contributed by atoms with Gasteiger partial charge in [0.15, 0.2) is 0 Å². The van der Waals surface area contributed by atoms with Crippen molar-refractivity contribution < 1.29 is 9.90 Å². The Labute approximate surface area is 137 Å². The van der Waals surface area contributed by atoms with E-state index in [-0.39, 0.29) is 6.42 Å². The molecule has 1 aromatic carbocycles. The number of aryl methyl sites for hydroxylation is 1. The number of aromatic nitrogens is 1. The molecule has 0 saturated carbocycles. The molecule has 0 unspecified atom stereocenters. The molecule has 122 valence electrons. The van der Waals surface area contributed by atoms with Crippen LogP contribution in [-0.2, 0) is 11.3 Å². The lowest BCUT2D eigenvalue weighted by Gasteiger charge is -2.24. The van der Waals surface area contributed by atoms with Crippen LogP contribution in [0, 0.1) is 6.92 Å². The predicted molar refractivity (Wildman–Crippen MR) is 93.0 cm³/mol. The summed E-state index contributed by atoms with van der Waals surface area (Å²) in [6.07, 6.45) is 1.90. The third kappa shape index (κ3) is 4.98. The van der Waals surface area contributed by atoms with Gasteiger partial charge in [0.05, 0.1) is 18.3 Å². The van der Waals surface area contributed by atoms with Gasteiger partial charge in [-0.25, -0.2) is 4.98 Å². The first-order valence-corrected chi connectivity index (χ1v) is 7.61. The van der Waals surface area contributed by atoms with E-state index < -0.39 is 5.97 Å². The second kappa shape index (κ2) is 7.63. The average molecular weight is 313 g/mol. The smallest absolute Gasteiger partial charge is 0.305 e. The fourth-order valence-corrected chi connectivity index (χ4v) is 2.27. The van der Waals surface area contributed by atoms with Crippen LogP contribution in [0.2, 0.25) is 0 Å². The van der Waals surface area contributed by atoms with Crippen molar-refractivity contribution in [3.05, 3.63) is 53.7 Å². The van der Waals surface area contributed by atoms with Crippen LogP contribution in [0.15, 0.2) is 42.6 Å². The summed E-state index contributed by atoms with van der Waals surface area (Å²) >= 11 is 0. The van der Waals surface area contributed by atoms with Gasteiger partial charge in [0.1, 0.15) is 5.82 Å². The first-order chi connectivity index (χ1) is 11.0. The molecule has 0 radical (unpaired) electrons. The monoisotopic (exact) mass is 313 g/mol. The summed E-state index contributed by atoms with van der Waals surface area (Å²) < 4.78 is 0. The van der Waals surface area contributed by atoms with Crippen molar-refractivity contribution in [2.24, 2.45) is 0 Å². The summed E-state index contributed by atoms with van der Waals surface area (Å²) in [7, 11) is 3.88. The molecule has 1 heterocycles. The molecule has 1 N–H and O–H groups in total. The van der Waals surface area contributed by atoms with Crippen LogP contribution in [0.1, 0.15) is 17.5 Å². The maximum absolute atomic E-state index is 10.9. The van der Waals surface area contributed by atoms with Crippen molar-refractivity contribution in [2.45, 2.75) is 19.9 Å². The summed E-state index contributed by atoms with van der Waals surface area (Å²) in [5, 5.41) is 8.98. The minimum absolute atomic E-state index is 0.0985. The summed E-state index contributed by atoms with van der Waals surface area (Å²) in [4.78, 5) is 19.3. The molecule has 5 nitrogen and oxygen atoms in total. The first-order valence-electron chi connectivity index (χ1n) is 7.61. The number of hydrogen-bond acceptors (Lipinski definition) is 4. The van der Waals surface area contributed by atoms with Crippen molar-refractivity contribution in [3.8, 4) is 0 Å². The fraction of sp³-hybridized carbons (Fsp3) is 0.333. The Hall–Kier alpha value is -2.56. The zero-order chi connectivity index (χ0) is 16.8. The third-order valence-electron chi connectivity index (χ3n) is 3.65. The third-order valence-corrected chi connectivity index (χ3v) is 3.65. The number of nitrogens with zero attached hydrogens (tertiary/aromatic N) is 3. The molecule has 0 aliphatic heterocycles. The molecule has 0 spiro atoms. The number of carboxylic acids is 1. The average Bonchev–Trinajstić information content (AvgIpc) is 2.53. The number of benzene rings is 1.